The number of carbonyl (C=O) groups is 1. The second-order valence-corrected chi connectivity index (χ2v) is 15.0. The van der Waals surface area contributed by atoms with Crippen molar-refractivity contribution in [3.8, 4) is 11.5 Å². The van der Waals surface area contributed by atoms with Crippen LogP contribution in [0, 0.1) is 13.8 Å². The summed E-state index contributed by atoms with van der Waals surface area (Å²) in [5.74, 6) is 0.585. The molecule has 0 aliphatic carbocycles. The highest BCUT2D eigenvalue weighted by molar-refractivity contribution is 7.58. The first-order valence-electron chi connectivity index (χ1n) is 14.8. The van der Waals surface area contributed by atoms with Crippen LogP contribution in [0.3, 0.4) is 0 Å². The van der Waals surface area contributed by atoms with Crippen molar-refractivity contribution in [2.24, 2.45) is 0 Å². The lowest BCUT2D eigenvalue weighted by molar-refractivity contribution is -0.137. The zero-order valence-corrected chi connectivity index (χ0v) is 28.4. The van der Waals surface area contributed by atoms with Crippen LogP contribution in [0.5, 0.6) is 11.5 Å². The molecule has 2 N–H and O–H groups in total. The highest BCUT2D eigenvalue weighted by Crippen LogP contribution is 2.48. The molecule has 1 aliphatic rings. The number of rotatable bonds is 17. The number of hydrogen-bond acceptors (Lipinski definition) is 9. The van der Waals surface area contributed by atoms with E-state index in [1.54, 1.807) is 0 Å². The molecule has 9 nitrogen and oxygen atoms in total. The fourth-order valence-corrected chi connectivity index (χ4v) is 6.95. The van der Waals surface area contributed by atoms with Crippen molar-refractivity contribution in [2.75, 3.05) is 0 Å². The molecule has 0 bridgehead atoms. The summed E-state index contributed by atoms with van der Waals surface area (Å²) in [5.41, 5.74) is 6.46. The largest absolute Gasteiger partial charge is 0.598 e. The zero-order valence-electron chi connectivity index (χ0n) is 26.6. The summed E-state index contributed by atoms with van der Waals surface area (Å²) >= 11 is 0. The summed E-state index contributed by atoms with van der Waals surface area (Å²) < 4.78 is 43.1. The van der Waals surface area contributed by atoms with Crippen LogP contribution in [0.25, 0.3) is 0 Å². The minimum absolute atomic E-state index is 0.240. The van der Waals surface area contributed by atoms with E-state index in [1.807, 2.05) is 19.9 Å². The number of fused-ring (bicyclic) bond motifs is 1. The average Bonchev–Trinajstić information content (AvgIpc) is 2.94. The maximum Gasteiger partial charge on any atom is 0.598 e. The van der Waals surface area contributed by atoms with E-state index in [4.69, 9.17) is 20.0 Å². The lowest BCUT2D eigenvalue weighted by atomic mass is 9.86. The number of benzene rings is 1. The van der Waals surface area contributed by atoms with Gasteiger partial charge in [0.05, 0.1) is 12.8 Å². The lowest BCUT2D eigenvalue weighted by Crippen LogP contribution is -2.36. The fourth-order valence-electron chi connectivity index (χ4n) is 5.18. The summed E-state index contributed by atoms with van der Waals surface area (Å²) in [7, 11) is -5.64. The first-order valence-corrected chi connectivity index (χ1v) is 17.3. The number of aryl methyl sites for hydroxylation is 1. The molecule has 43 heavy (non-hydrogen) atoms. The molecule has 1 heterocycles. The Labute approximate surface area is 257 Å². The molecule has 11 heteroatoms. The van der Waals surface area contributed by atoms with Crippen LogP contribution in [0.15, 0.2) is 41.0 Å². The second-order valence-electron chi connectivity index (χ2n) is 11.9. The Morgan fingerprint density at radius 1 is 0.977 bits per heavy atom. The van der Waals surface area contributed by atoms with Gasteiger partial charge in [-0.15, -0.1) is 0 Å². The van der Waals surface area contributed by atoms with Gasteiger partial charge in [-0.2, -0.15) is 0 Å². The van der Waals surface area contributed by atoms with E-state index < -0.39 is 27.4 Å². The first-order chi connectivity index (χ1) is 20.3. The summed E-state index contributed by atoms with van der Waals surface area (Å²) in [6.45, 7) is 14.6. The van der Waals surface area contributed by atoms with Crippen LogP contribution >= 0.6 is 16.1 Å². The molecule has 0 aromatic heterocycles. The predicted molar refractivity (Wildman–Crippen MR) is 169 cm³/mol. The minimum Gasteiger partial charge on any atom is -0.487 e. The Hall–Kier alpha value is -2.25. The molecule has 0 saturated heterocycles. The third kappa shape index (κ3) is 12.0. The number of ether oxygens (including phenoxy) is 2. The zero-order chi connectivity index (χ0) is 32.2. The van der Waals surface area contributed by atoms with E-state index in [0.717, 1.165) is 73.8 Å². The lowest BCUT2D eigenvalue weighted by Gasteiger charge is -2.37. The Morgan fingerprint density at radius 3 is 2.14 bits per heavy atom. The number of allylic oxidation sites excluding steroid dienone is 6. The van der Waals surface area contributed by atoms with Gasteiger partial charge < -0.3 is 9.47 Å². The second kappa shape index (κ2) is 17.9. The summed E-state index contributed by atoms with van der Waals surface area (Å²) in [5, 5.41) is 15.9. The van der Waals surface area contributed by atoms with E-state index in [2.05, 4.69) is 62.2 Å². The number of carbonyl (C=O) groups excluding carboxylic acids is 1. The van der Waals surface area contributed by atoms with Crippen molar-refractivity contribution < 1.29 is 43.3 Å². The maximum absolute atomic E-state index is 12.6. The molecule has 1 aromatic carbocycles. The summed E-state index contributed by atoms with van der Waals surface area (Å²) in [4.78, 5) is 12.6. The van der Waals surface area contributed by atoms with Crippen molar-refractivity contribution in [1.29, 1.82) is 0 Å². The van der Waals surface area contributed by atoms with Crippen LogP contribution in [-0.4, -0.2) is 27.5 Å². The average molecular weight is 639 g/mol. The molecule has 0 spiro atoms. The maximum atomic E-state index is 12.6. The van der Waals surface area contributed by atoms with E-state index in [0.29, 0.717) is 5.75 Å². The van der Waals surface area contributed by atoms with Crippen LogP contribution in [0.1, 0.15) is 109 Å². The SMILES string of the molecule is CC(C)=CCC/C(C)=C/CC/C(C)=C/CCC1(C)CCc2c(cc(C)c(OC(=O)CCC([P+](=O)OO)[P+](=O)OO)c2C)O1. The molecule has 2 rings (SSSR count). The van der Waals surface area contributed by atoms with Gasteiger partial charge in [-0.05, 0) is 126 Å². The Balaban J connectivity index is 1.95. The molecule has 1 aliphatic heterocycles. The highest BCUT2D eigenvalue weighted by Gasteiger charge is 2.53. The van der Waals surface area contributed by atoms with Gasteiger partial charge in [0.15, 0.2) is 0 Å². The van der Waals surface area contributed by atoms with E-state index in [1.165, 1.54) is 16.7 Å². The predicted octanol–water partition coefficient (Wildman–Crippen LogP) is 10.1. The topological polar surface area (TPSA) is 129 Å². The molecule has 0 saturated carbocycles. The van der Waals surface area contributed by atoms with Gasteiger partial charge in [-0.25, -0.2) is 10.5 Å². The van der Waals surface area contributed by atoms with Crippen molar-refractivity contribution in [1.82, 2.24) is 0 Å². The van der Waals surface area contributed by atoms with Crippen LogP contribution in [-0.2, 0) is 29.7 Å². The molecule has 3 atom stereocenters. The molecular weight excluding hydrogens is 590 g/mol. The van der Waals surface area contributed by atoms with Gasteiger partial charge in [0.25, 0.3) is 0 Å². The van der Waals surface area contributed by atoms with Gasteiger partial charge in [0.1, 0.15) is 17.1 Å². The summed E-state index contributed by atoms with van der Waals surface area (Å²) in [6, 6.07) is 1.89. The van der Waals surface area contributed by atoms with Gasteiger partial charge in [0.2, 0.25) is 0 Å². The quantitative estimate of drug-likeness (QED) is 0.0428. The monoisotopic (exact) mass is 638 g/mol. The molecule has 0 fully saturated rings. The molecular formula is C32H48O9P2+2. The standard InChI is InChI=1S/C32H46O9P2/c1-22(2)11-8-12-23(3)13-9-14-24(4)15-10-19-32(7)20-18-27-26(6)31(25(5)21-28(27)39-32)38-29(33)16-17-30(42(36)40-34)43(37)41-35/h11,13,15,21,30H,8-10,12,14,16-20H2,1-7H3/p+2/b23-13+,24-15+. The Morgan fingerprint density at radius 2 is 1.56 bits per heavy atom. The fraction of sp³-hybridized carbons (Fsp3) is 0.594. The van der Waals surface area contributed by atoms with E-state index in [-0.39, 0.29) is 18.4 Å². The van der Waals surface area contributed by atoms with Crippen LogP contribution in [0.2, 0.25) is 0 Å². The number of hydrogen-bond donors (Lipinski definition) is 2. The van der Waals surface area contributed by atoms with Gasteiger partial charge in [-0.3, -0.25) is 4.79 Å². The molecule has 238 valence electrons. The minimum atomic E-state index is -2.82. The van der Waals surface area contributed by atoms with Crippen molar-refractivity contribution >= 4 is 22.0 Å². The molecule has 3 unspecified atom stereocenters. The normalized spacial score (nSPS) is 18.3. The number of esters is 1. The van der Waals surface area contributed by atoms with Crippen molar-refractivity contribution in [2.45, 2.75) is 124 Å². The van der Waals surface area contributed by atoms with E-state index >= 15 is 0 Å². The molecule has 1 aromatic rings. The smallest absolute Gasteiger partial charge is 0.487 e. The molecule has 0 radical (unpaired) electrons. The summed E-state index contributed by atoms with van der Waals surface area (Å²) in [6.07, 6.45) is 14.2. The van der Waals surface area contributed by atoms with Crippen molar-refractivity contribution in [3.63, 3.8) is 0 Å². The molecule has 0 amide bonds. The Bertz CT molecular complexity index is 1230. The van der Waals surface area contributed by atoms with E-state index in [9.17, 15) is 13.9 Å². The van der Waals surface area contributed by atoms with Crippen molar-refractivity contribution in [3.05, 3.63) is 57.7 Å². The third-order valence-corrected chi connectivity index (χ3v) is 10.8. The van der Waals surface area contributed by atoms with Gasteiger partial charge in [0, 0.05) is 14.9 Å². The highest BCUT2D eigenvalue weighted by atomic mass is 31.2. The third-order valence-electron chi connectivity index (χ3n) is 7.82. The first kappa shape index (κ1) is 36.9. The van der Waals surface area contributed by atoms with Gasteiger partial charge in [-0.1, -0.05) is 34.9 Å². The van der Waals surface area contributed by atoms with Crippen LogP contribution in [0.4, 0.5) is 0 Å². The Kier molecular flexibility index (Phi) is 15.4. The van der Waals surface area contributed by atoms with Gasteiger partial charge >= 0.3 is 27.4 Å². The van der Waals surface area contributed by atoms with Crippen LogP contribution < -0.4 is 9.47 Å².